The topological polar surface area (TPSA) is 58.5 Å². The first-order valence-electron chi connectivity index (χ1n) is 10.8. The number of aromatic nitrogens is 2. The minimum Gasteiger partial charge on any atom is -0.504 e. The van der Waals surface area contributed by atoms with Crippen LogP contribution in [0.2, 0.25) is 0 Å². The molecule has 0 radical (unpaired) electrons. The molecule has 30 heavy (non-hydrogen) atoms. The highest BCUT2D eigenvalue weighted by Gasteiger charge is 2.64. The summed E-state index contributed by atoms with van der Waals surface area (Å²) in [6.45, 7) is 1.05. The summed E-state index contributed by atoms with van der Waals surface area (Å²) in [5.74, 6) is 1.43. The Bertz CT molecular complexity index is 1190. The maximum Gasteiger partial charge on any atom is 0.166 e. The molecule has 5 nitrogen and oxygen atoms in total. The van der Waals surface area contributed by atoms with E-state index in [2.05, 4.69) is 29.1 Å². The summed E-state index contributed by atoms with van der Waals surface area (Å²) in [5.41, 5.74) is 6.83. The fourth-order valence-electron chi connectivity index (χ4n) is 6.74. The first-order chi connectivity index (χ1) is 14.7. The molecule has 1 fully saturated rings. The van der Waals surface area contributed by atoms with Gasteiger partial charge in [-0.3, -0.25) is 9.97 Å². The van der Waals surface area contributed by atoms with Gasteiger partial charge in [-0.2, -0.15) is 0 Å². The van der Waals surface area contributed by atoms with Gasteiger partial charge < -0.3 is 14.7 Å². The normalized spacial score (nSPS) is 30.4. The lowest BCUT2D eigenvalue weighted by Gasteiger charge is -2.57. The Kier molecular flexibility index (Phi) is 3.15. The standard InChI is InChI=1S/C25H23N3O2/c1-28-9-7-25-17-11-15-10-16(18-4-2-3-8-26-18)13-27-22(15)24(25)30-23-20(29)6-5-14(21(23)25)12-19(17)28/h2-6,8,10,13,17,19,24,29H,7,9,11-12H2,1H3/t17-,19-,24-,25-/m0/s1. The molecule has 1 N–H and O–H groups in total. The van der Waals surface area contributed by atoms with Crippen molar-refractivity contribution in [2.24, 2.45) is 5.92 Å². The molecule has 3 aromatic rings. The molecule has 2 aliphatic carbocycles. The van der Waals surface area contributed by atoms with Gasteiger partial charge in [0.25, 0.3) is 0 Å². The number of hydrogen-bond acceptors (Lipinski definition) is 5. The minimum atomic E-state index is -0.123. The number of fused-ring (bicyclic) bond motifs is 2. The fourth-order valence-corrected chi connectivity index (χ4v) is 6.74. The second kappa shape index (κ2) is 5.61. The summed E-state index contributed by atoms with van der Waals surface area (Å²) >= 11 is 0. The highest BCUT2D eigenvalue weighted by Crippen LogP contribution is 2.66. The predicted octanol–water partition coefficient (Wildman–Crippen LogP) is 3.65. The Hall–Kier alpha value is -2.92. The zero-order valence-corrected chi connectivity index (χ0v) is 16.9. The second-order valence-corrected chi connectivity index (χ2v) is 9.28. The zero-order chi connectivity index (χ0) is 20.0. The van der Waals surface area contributed by atoms with Gasteiger partial charge in [-0.25, -0.2) is 0 Å². The summed E-state index contributed by atoms with van der Waals surface area (Å²) in [5, 5.41) is 10.6. The molecule has 7 rings (SSSR count). The summed E-state index contributed by atoms with van der Waals surface area (Å²) in [6.07, 6.45) is 6.69. The van der Waals surface area contributed by atoms with Crippen LogP contribution in [-0.2, 0) is 18.3 Å². The third-order valence-corrected chi connectivity index (χ3v) is 8.04. The Morgan fingerprint density at radius 2 is 2.07 bits per heavy atom. The van der Waals surface area contributed by atoms with Crippen LogP contribution in [0.4, 0.5) is 0 Å². The molecule has 0 saturated carbocycles. The van der Waals surface area contributed by atoms with Crippen LogP contribution < -0.4 is 4.74 Å². The lowest BCUT2D eigenvalue weighted by atomic mass is 9.51. The molecule has 4 heterocycles. The van der Waals surface area contributed by atoms with E-state index in [1.807, 2.05) is 30.6 Å². The highest BCUT2D eigenvalue weighted by molar-refractivity contribution is 5.64. The van der Waals surface area contributed by atoms with Crippen molar-refractivity contribution in [3.05, 3.63) is 71.2 Å². The number of aromatic hydroxyl groups is 1. The SMILES string of the molecule is CN1CC[C@]23c4c5ccc(O)c4O[C@H]2c2ncc(-c4ccccn4)cc2C[C@H]3[C@@H]1C5. The second-order valence-electron chi connectivity index (χ2n) is 9.28. The van der Waals surface area contributed by atoms with Crippen molar-refractivity contribution < 1.29 is 9.84 Å². The van der Waals surface area contributed by atoms with Gasteiger partial charge in [0.05, 0.1) is 11.4 Å². The van der Waals surface area contributed by atoms with Gasteiger partial charge in [-0.15, -0.1) is 0 Å². The zero-order valence-electron chi connectivity index (χ0n) is 16.9. The van der Waals surface area contributed by atoms with Crippen LogP contribution in [0.25, 0.3) is 11.3 Å². The van der Waals surface area contributed by atoms with E-state index >= 15 is 0 Å². The number of ether oxygens (including phenoxy) is 1. The molecule has 150 valence electrons. The van der Waals surface area contributed by atoms with E-state index in [9.17, 15) is 5.11 Å². The number of likely N-dealkylation sites (tertiary alicyclic amines) is 1. The number of benzene rings is 1. The number of piperidine rings is 1. The van der Waals surface area contributed by atoms with Crippen LogP contribution in [0.5, 0.6) is 11.5 Å². The van der Waals surface area contributed by atoms with Crippen LogP contribution >= 0.6 is 0 Å². The number of phenols is 1. The average molecular weight is 397 g/mol. The van der Waals surface area contributed by atoms with Crippen LogP contribution in [0.1, 0.15) is 34.9 Å². The molecule has 5 heteroatoms. The fraction of sp³-hybridized carbons (Fsp3) is 0.360. The van der Waals surface area contributed by atoms with E-state index in [1.54, 1.807) is 6.07 Å². The van der Waals surface area contributed by atoms with E-state index < -0.39 is 0 Å². The van der Waals surface area contributed by atoms with Crippen molar-refractivity contribution in [2.75, 3.05) is 13.6 Å². The maximum absolute atomic E-state index is 10.6. The highest BCUT2D eigenvalue weighted by atomic mass is 16.5. The summed E-state index contributed by atoms with van der Waals surface area (Å²) < 4.78 is 6.57. The quantitative estimate of drug-likeness (QED) is 0.679. The van der Waals surface area contributed by atoms with E-state index in [0.717, 1.165) is 42.8 Å². The maximum atomic E-state index is 10.6. The number of nitrogens with zero attached hydrogens (tertiary/aromatic N) is 3. The molecule has 2 bridgehead atoms. The summed E-state index contributed by atoms with van der Waals surface area (Å²) in [4.78, 5) is 12.0. The third kappa shape index (κ3) is 1.92. The molecular formula is C25H23N3O2. The minimum absolute atomic E-state index is 0.0780. The largest absolute Gasteiger partial charge is 0.504 e. The Morgan fingerprint density at radius 1 is 1.13 bits per heavy atom. The Labute approximate surface area is 175 Å². The van der Waals surface area contributed by atoms with Crippen LogP contribution in [0, 0.1) is 5.92 Å². The summed E-state index contributed by atoms with van der Waals surface area (Å²) in [7, 11) is 2.26. The van der Waals surface area contributed by atoms with Crippen molar-refractivity contribution in [1.82, 2.24) is 14.9 Å². The molecule has 2 aromatic heterocycles. The first kappa shape index (κ1) is 16.8. The van der Waals surface area contributed by atoms with Gasteiger partial charge >= 0.3 is 0 Å². The van der Waals surface area contributed by atoms with Gasteiger partial charge in [-0.1, -0.05) is 12.1 Å². The molecule has 1 aromatic carbocycles. The monoisotopic (exact) mass is 397 g/mol. The Morgan fingerprint density at radius 3 is 2.93 bits per heavy atom. The van der Waals surface area contributed by atoms with Gasteiger partial charge in [0.1, 0.15) is 0 Å². The van der Waals surface area contributed by atoms with Crippen LogP contribution in [0.3, 0.4) is 0 Å². The number of rotatable bonds is 1. The lowest BCUT2D eigenvalue weighted by molar-refractivity contribution is -0.0260. The number of phenolic OH excluding ortho intramolecular Hbond substituents is 1. The predicted molar refractivity (Wildman–Crippen MR) is 113 cm³/mol. The number of likely N-dealkylation sites (N-methyl/N-ethyl adjacent to an activating group) is 1. The van der Waals surface area contributed by atoms with E-state index in [-0.39, 0.29) is 17.3 Å². The molecule has 1 spiro atoms. The molecule has 1 saturated heterocycles. The molecule has 0 amide bonds. The van der Waals surface area contributed by atoms with Crippen molar-refractivity contribution in [2.45, 2.75) is 36.8 Å². The van der Waals surface area contributed by atoms with Crippen molar-refractivity contribution in [3.63, 3.8) is 0 Å². The van der Waals surface area contributed by atoms with Crippen LogP contribution in [-0.4, -0.2) is 39.6 Å². The van der Waals surface area contributed by atoms with Crippen LogP contribution in [0.15, 0.2) is 48.8 Å². The van der Waals surface area contributed by atoms with Crippen molar-refractivity contribution >= 4 is 0 Å². The molecule has 2 aliphatic heterocycles. The third-order valence-electron chi connectivity index (χ3n) is 8.04. The van der Waals surface area contributed by atoms with Crippen molar-refractivity contribution in [1.29, 1.82) is 0 Å². The number of pyridine rings is 2. The molecular weight excluding hydrogens is 374 g/mol. The summed E-state index contributed by atoms with van der Waals surface area (Å²) in [6, 6.07) is 12.6. The van der Waals surface area contributed by atoms with E-state index in [1.165, 1.54) is 16.7 Å². The lowest BCUT2D eigenvalue weighted by Crippen LogP contribution is -2.62. The molecule has 4 aliphatic rings. The smallest absolute Gasteiger partial charge is 0.166 e. The average Bonchev–Trinajstić information content (AvgIpc) is 3.13. The van der Waals surface area contributed by atoms with Gasteiger partial charge in [0, 0.05) is 35.0 Å². The Balaban J connectivity index is 1.45. The molecule has 4 atom stereocenters. The number of hydrogen-bond donors (Lipinski definition) is 1. The van der Waals surface area contributed by atoms with E-state index in [4.69, 9.17) is 9.72 Å². The van der Waals surface area contributed by atoms with E-state index in [0.29, 0.717) is 17.7 Å². The van der Waals surface area contributed by atoms with Gasteiger partial charge in [0.15, 0.2) is 17.6 Å². The molecule has 0 unspecified atom stereocenters. The van der Waals surface area contributed by atoms with Crippen molar-refractivity contribution in [3.8, 4) is 22.8 Å². The first-order valence-corrected chi connectivity index (χ1v) is 10.8. The van der Waals surface area contributed by atoms with Gasteiger partial charge in [-0.05, 0) is 74.2 Å². The van der Waals surface area contributed by atoms with Gasteiger partial charge in [0.2, 0.25) is 0 Å².